The number of aryl methyl sites for hydroxylation is 1. The number of aromatic carboxylic acids is 1. The summed E-state index contributed by atoms with van der Waals surface area (Å²) in [6.45, 7) is 0. The Morgan fingerprint density at radius 1 is 1.35 bits per heavy atom. The lowest BCUT2D eigenvalue weighted by atomic mass is 10.2. The maximum absolute atomic E-state index is 12.5. The predicted octanol–water partition coefficient (Wildman–Crippen LogP) is 2.07. The average molecular weight is 309 g/mol. The number of aromatic nitrogens is 2. The summed E-state index contributed by atoms with van der Waals surface area (Å²) < 4.78 is 38.3. The fraction of sp³-hybridized carbons (Fsp3) is 0.182. The zero-order valence-corrected chi connectivity index (χ0v) is 10.7. The Morgan fingerprint density at radius 2 is 1.95 bits per heavy atom. The molecule has 0 saturated heterocycles. The van der Waals surface area contributed by atoms with Crippen molar-refractivity contribution in [2.75, 3.05) is 0 Å². The molecule has 9 heteroatoms. The number of nitrogens with zero attached hydrogens (tertiary/aromatic N) is 2. The van der Waals surface area contributed by atoms with Crippen molar-refractivity contribution < 1.29 is 23.1 Å². The van der Waals surface area contributed by atoms with Gasteiger partial charge in [0.15, 0.2) is 0 Å². The summed E-state index contributed by atoms with van der Waals surface area (Å²) in [6, 6.07) is 2.82. The third-order valence-electron chi connectivity index (χ3n) is 2.58. The Labute approximate surface area is 116 Å². The molecule has 0 amide bonds. The average Bonchev–Trinajstić information content (AvgIpc) is 2.31. The quantitative estimate of drug-likeness (QED) is 0.875. The van der Waals surface area contributed by atoms with Crippen LogP contribution in [0.15, 0.2) is 23.0 Å². The van der Waals surface area contributed by atoms with Gasteiger partial charge in [0.05, 0.1) is 0 Å². The van der Waals surface area contributed by atoms with Crippen LogP contribution in [-0.2, 0) is 13.2 Å². The molecule has 2 rings (SSSR count). The van der Waals surface area contributed by atoms with E-state index in [0.717, 1.165) is 22.8 Å². The number of carboxylic acid groups (broad SMARTS) is 1. The maximum Gasteiger partial charge on any atom is 0.433 e. The van der Waals surface area contributed by atoms with E-state index in [1.54, 1.807) is 0 Å². The number of hydrogen-bond donors (Lipinski definition) is 1. The molecule has 20 heavy (non-hydrogen) atoms. The molecule has 5 nitrogen and oxygen atoms in total. The van der Waals surface area contributed by atoms with E-state index in [0.29, 0.717) is 0 Å². The lowest BCUT2D eigenvalue weighted by molar-refractivity contribution is -0.141. The molecule has 0 unspecified atom stereocenters. The predicted molar refractivity (Wildman–Crippen MR) is 66.2 cm³/mol. The SMILES string of the molecule is Cl.Cn1c(=O)c(C(=O)O)cc2ccc(C(F)(F)F)nc21. The van der Waals surface area contributed by atoms with Crippen molar-refractivity contribution in [2.45, 2.75) is 6.18 Å². The van der Waals surface area contributed by atoms with Crippen LogP contribution in [0.1, 0.15) is 16.1 Å². The monoisotopic (exact) mass is 308 g/mol. The molecule has 2 aromatic heterocycles. The molecule has 0 fully saturated rings. The summed E-state index contributed by atoms with van der Waals surface area (Å²) in [5, 5.41) is 8.97. The van der Waals surface area contributed by atoms with E-state index in [9.17, 15) is 22.8 Å². The summed E-state index contributed by atoms with van der Waals surface area (Å²) in [5.74, 6) is -1.44. The summed E-state index contributed by atoms with van der Waals surface area (Å²) in [6.07, 6.45) is -4.63. The van der Waals surface area contributed by atoms with Crippen molar-refractivity contribution in [1.29, 1.82) is 0 Å². The summed E-state index contributed by atoms with van der Waals surface area (Å²) in [5.41, 5.74) is -2.79. The summed E-state index contributed by atoms with van der Waals surface area (Å²) >= 11 is 0. The molecule has 0 aliphatic rings. The first kappa shape index (κ1) is 16.0. The number of rotatable bonds is 1. The van der Waals surface area contributed by atoms with Gasteiger partial charge in [0.2, 0.25) is 0 Å². The maximum atomic E-state index is 12.5. The third-order valence-corrected chi connectivity index (χ3v) is 2.58. The smallest absolute Gasteiger partial charge is 0.433 e. The fourth-order valence-electron chi connectivity index (χ4n) is 1.65. The van der Waals surface area contributed by atoms with Gasteiger partial charge < -0.3 is 5.11 Å². The van der Waals surface area contributed by atoms with Crippen molar-refractivity contribution in [1.82, 2.24) is 9.55 Å². The Hall–Kier alpha value is -2.09. The number of pyridine rings is 2. The van der Waals surface area contributed by atoms with Gasteiger partial charge in [-0.3, -0.25) is 9.36 Å². The van der Waals surface area contributed by atoms with Crippen LogP contribution in [0, 0.1) is 0 Å². The van der Waals surface area contributed by atoms with Crippen LogP contribution in [0.2, 0.25) is 0 Å². The molecule has 0 atom stereocenters. The third kappa shape index (κ3) is 2.60. The minimum atomic E-state index is -4.63. The highest BCUT2D eigenvalue weighted by Crippen LogP contribution is 2.28. The van der Waals surface area contributed by atoms with Crippen LogP contribution in [0.3, 0.4) is 0 Å². The second-order valence-electron chi connectivity index (χ2n) is 3.83. The van der Waals surface area contributed by atoms with Crippen molar-refractivity contribution in [3.05, 3.63) is 39.8 Å². The van der Waals surface area contributed by atoms with Crippen LogP contribution >= 0.6 is 12.4 Å². The molecule has 0 spiro atoms. The van der Waals surface area contributed by atoms with Crippen molar-refractivity contribution >= 4 is 29.4 Å². The van der Waals surface area contributed by atoms with Gasteiger partial charge in [-0.2, -0.15) is 13.2 Å². The van der Waals surface area contributed by atoms with Gasteiger partial charge in [0.25, 0.3) is 5.56 Å². The molecule has 0 aliphatic heterocycles. The van der Waals surface area contributed by atoms with E-state index in [1.165, 1.54) is 7.05 Å². The van der Waals surface area contributed by atoms with Crippen LogP contribution in [0.5, 0.6) is 0 Å². The second-order valence-corrected chi connectivity index (χ2v) is 3.83. The van der Waals surface area contributed by atoms with E-state index in [4.69, 9.17) is 5.11 Å². The molecule has 0 aromatic carbocycles. The molecule has 0 radical (unpaired) electrons. The summed E-state index contributed by atoms with van der Waals surface area (Å²) in [7, 11) is 1.17. The Morgan fingerprint density at radius 3 is 2.45 bits per heavy atom. The van der Waals surface area contributed by atoms with E-state index in [-0.39, 0.29) is 23.4 Å². The largest absolute Gasteiger partial charge is 0.477 e. The number of alkyl halides is 3. The van der Waals surface area contributed by atoms with Crippen LogP contribution < -0.4 is 5.56 Å². The number of hydrogen-bond acceptors (Lipinski definition) is 3. The number of fused-ring (bicyclic) bond motifs is 1. The van der Waals surface area contributed by atoms with Crippen LogP contribution in [0.25, 0.3) is 11.0 Å². The first-order valence-corrected chi connectivity index (χ1v) is 5.03. The number of halogens is 4. The molecule has 1 N–H and O–H groups in total. The minimum Gasteiger partial charge on any atom is -0.477 e. The molecule has 0 aliphatic carbocycles. The van der Waals surface area contributed by atoms with Gasteiger partial charge in [-0.1, -0.05) is 0 Å². The Kier molecular flexibility index (Phi) is 4.09. The van der Waals surface area contributed by atoms with Gasteiger partial charge in [0, 0.05) is 12.4 Å². The zero-order chi connectivity index (χ0) is 14.4. The highest BCUT2D eigenvalue weighted by atomic mass is 35.5. The van der Waals surface area contributed by atoms with Crippen LogP contribution in [-0.4, -0.2) is 20.6 Å². The van der Waals surface area contributed by atoms with Gasteiger partial charge in [0.1, 0.15) is 16.9 Å². The normalized spacial score (nSPS) is 11.2. The van der Waals surface area contributed by atoms with E-state index >= 15 is 0 Å². The summed E-state index contributed by atoms with van der Waals surface area (Å²) in [4.78, 5) is 25.8. The molecular weight excluding hydrogens is 301 g/mol. The van der Waals surface area contributed by atoms with Crippen molar-refractivity contribution in [3.63, 3.8) is 0 Å². The molecule has 2 heterocycles. The molecule has 2 aromatic rings. The number of carbonyl (C=O) groups is 1. The zero-order valence-electron chi connectivity index (χ0n) is 9.93. The first-order valence-electron chi connectivity index (χ1n) is 5.03. The molecule has 0 bridgehead atoms. The first-order chi connectivity index (χ1) is 8.71. The van der Waals surface area contributed by atoms with E-state index < -0.39 is 29.0 Å². The van der Waals surface area contributed by atoms with Crippen molar-refractivity contribution in [3.8, 4) is 0 Å². The van der Waals surface area contributed by atoms with E-state index in [2.05, 4.69) is 4.98 Å². The second kappa shape index (κ2) is 5.12. The fourth-order valence-corrected chi connectivity index (χ4v) is 1.65. The minimum absolute atomic E-state index is 0. The Bertz CT molecular complexity index is 740. The molecule has 0 saturated carbocycles. The van der Waals surface area contributed by atoms with Gasteiger partial charge in [-0.25, -0.2) is 9.78 Å². The highest BCUT2D eigenvalue weighted by molar-refractivity contribution is 5.91. The molecular formula is C11H8ClF3N2O3. The van der Waals surface area contributed by atoms with Crippen LogP contribution in [0.4, 0.5) is 13.2 Å². The Balaban J connectivity index is 0.00000200. The lowest BCUT2D eigenvalue weighted by Gasteiger charge is -2.09. The van der Waals surface area contributed by atoms with E-state index in [1.807, 2.05) is 0 Å². The van der Waals surface area contributed by atoms with Crippen molar-refractivity contribution in [2.24, 2.45) is 7.05 Å². The highest BCUT2D eigenvalue weighted by Gasteiger charge is 2.32. The standard InChI is InChI=1S/C11H7F3N2O3.ClH/c1-16-8-5(4-6(9(16)17)10(18)19)2-3-7(15-8)11(12,13)14;/h2-4H,1H3,(H,18,19);1H. The topological polar surface area (TPSA) is 72.2 Å². The molecule has 108 valence electrons. The lowest BCUT2D eigenvalue weighted by Crippen LogP contribution is -2.25. The van der Waals surface area contributed by atoms with Gasteiger partial charge >= 0.3 is 12.1 Å². The van der Waals surface area contributed by atoms with Gasteiger partial charge in [-0.15, -0.1) is 12.4 Å². The number of carboxylic acids is 1. The van der Waals surface area contributed by atoms with Gasteiger partial charge in [-0.05, 0) is 18.2 Å².